The average Bonchev–Trinajstić information content (AvgIpc) is 3.47. The summed E-state index contributed by atoms with van der Waals surface area (Å²) in [5.74, 6) is -4.90. The zero-order valence-corrected chi connectivity index (χ0v) is 25.7. The van der Waals surface area contributed by atoms with Gasteiger partial charge < -0.3 is 19.3 Å². The number of rotatable bonds is 5. The van der Waals surface area contributed by atoms with Crippen molar-refractivity contribution in [3.63, 3.8) is 0 Å². The van der Waals surface area contributed by atoms with Gasteiger partial charge >= 0.3 is 35.8 Å². The molecule has 0 aliphatic carbocycles. The first-order valence-electron chi connectivity index (χ1n) is 14.2. The van der Waals surface area contributed by atoms with Crippen LogP contribution in [-0.2, 0) is 9.47 Å². The van der Waals surface area contributed by atoms with E-state index >= 15 is 0 Å². The molecule has 6 rings (SSSR count). The number of hydrogen-bond donors (Lipinski definition) is 1. The van der Waals surface area contributed by atoms with Crippen molar-refractivity contribution in [1.82, 2.24) is 0 Å². The summed E-state index contributed by atoms with van der Waals surface area (Å²) in [6.45, 7) is 11.1. The molecule has 0 fully saturated rings. The number of esters is 5. The summed E-state index contributed by atoms with van der Waals surface area (Å²) in [5, 5.41) is 10.0. The molecular formula is C36H26O10. The van der Waals surface area contributed by atoms with Crippen LogP contribution in [0.15, 0.2) is 42.5 Å². The standard InChI is InChI=1S/C36H26O10/c1-14-11-24(16(3)18(5)27(14)28-22(31(37)38)9-10-23-29(28)36(43)46-34(23)41)25-12-15(2)30(19(6)17(25)4)44-32(39)20-7-8-21-26(13-20)35(42)45-33(21)40/h7-13H,1-6H3,(H,37,38). The smallest absolute Gasteiger partial charge is 0.347 e. The van der Waals surface area contributed by atoms with E-state index in [0.717, 1.165) is 27.8 Å². The van der Waals surface area contributed by atoms with Gasteiger partial charge in [0.1, 0.15) is 5.75 Å². The topological polar surface area (TPSA) is 150 Å². The van der Waals surface area contributed by atoms with Gasteiger partial charge in [-0.3, -0.25) is 0 Å². The van der Waals surface area contributed by atoms with E-state index in [9.17, 15) is 33.9 Å². The molecule has 4 aromatic carbocycles. The monoisotopic (exact) mass is 618 g/mol. The number of carbonyl (C=O) groups excluding carboxylic acids is 5. The van der Waals surface area contributed by atoms with Crippen LogP contribution >= 0.6 is 0 Å². The van der Waals surface area contributed by atoms with Crippen molar-refractivity contribution < 1.29 is 48.1 Å². The predicted molar refractivity (Wildman–Crippen MR) is 164 cm³/mol. The molecule has 10 heteroatoms. The zero-order chi connectivity index (χ0) is 33.4. The van der Waals surface area contributed by atoms with Gasteiger partial charge in [0.2, 0.25) is 0 Å². The van der Waals surface area contributed by atoms with E-state index in [-0.39, 0.29) is 38.9 Å². The molecule has 0 amide bonds. The first kappa shape index (κ1) is 30.1. The van der Waals surface area contributed by atoms with Crippen LogP contribution in [0.5, 0.6) is 5.75 Å². The largest absolute Gasteiger partial charge is 0.478 e. The summed E-state index contributed by atoms with van der Waals surface area (Å²) in [6, 6.07) is 10.4. The van der Waals surface area contributed by atoms with E-state index in [2.05, 4.69) is 4.74 Å². The summed E-state index contributed by atoms with van der Waals surface area (Å²) >= 11 is 0. The molecule has 0 unspecified atom stereocenters. The molecular weight excluding hydrogens is 592 g/mol. The fourth-order valence-electron chi connectivity index (χ4n) is 6.22. The van der Waals surface area contributed by atoms with E-state index in [4.69, 9.17) is 9.47 Å². The first-order valence-corrected chi connectivity index (χ1v) is 14.2. The fraction of sp³-hybridized carbons (Fsp3) is 0.167. The number of carbonyl (C=O) groups is 6. The van der Waals surface area contributed by atoms with Crippen molar-refractivity contribution in [3.05, 3.63) is 109 Å². The highest BCUT2D eigenvalue weighted by Gasteiger charge is 2.36. The van der Waals surface area contributed by atoms with Gasteiger partial charge in [-0.25, -0.2) is 28.8 Å². The second kappa shape index (κ2) is 10.6. The average molecular weight is 619 g/mol. The third-order valence-corrected chi connectivity index (χ3v) is 8.78. The van der Waals surface area contributed by atoms with E-state index in [1.807, 2.05) is 46.8 Å². The molecule has 10 nitrogen and oxygen atoms in total. The second-order valence-electron chi connectivity index (χ2n) is 11.4. The van der Waals surface area contributed by atoms with E-state index < -0.39 is 35.8 Å². The lowest BCUT2D eigenvalue weighted by atomic mass is 9.81. The van der Waals surface area contributed by atoms with Crippen LogP contribution in [0.1, 0.15) is 95.5 Å². The minimum atomic E-state index is -1.24. The third-order valence-electron chi connectivity index (χ3n) is 8.78. The predicted octanol–water partition coefficient (Wildman–Crippen LogP) is 6.41. The second-order valence-corrected chi connectivity index (χ2v) is 11.4. The lowest BCUT2D eigenvalue weighted by Crippen LogP contribution is -2.12. The normalized spacial score (nSPS) is 13.3. The summed E-state index contributed by atoms with van der Waals surface area (Å²) < 4.78 is 15.2. The Balaban J connectivity index is 1.43. The van der Waals surface area contributed by atoms with Crippen molar-refractivity contribution in [2.75, 3.05) is 0 Å². The molecule has 46 heavy (non-hydrogen) atoms. The molecule has 2 aliphatic heterocycles. The lowest BCUT2D eigenvalue weighted by molar-refractivity contribution is 0.0425. The maximum atomic E-state index is 13.1. The van der Waals surface area contributed by atoms with Gasteiger partial charge in [-0.1, -0.05) is 6.07 Å². The summed E-state index contributed by atoms with van der Waals surface area (Å²) in [5.41, 5.74) is 6.79. The van der Waals surface area contributed by atoms with Gasteiger partial charge in [0.05, 0.1) is 33.4 Å². The highest BCUT2D eigenvalue weighted by molar-refractivity contribution is 6.20. The van der Waals surface area contributed by atoms with Gasteiger partial charge in [-0.05, 0) is 128 Å². The number of aromatic carboxylic acids is 1. The van der Waals surface area contributed by atoms with Crippen LogP contribution < -0.4 is 4.74 Å². The van der Waals surface area contributed by atoms with Gasteiger partial charge in [0, 0.05) is 5.56 Å². The molecule has 2 heterocycles. The molecule has 0 saturated heterocycles. The molecule has 0 radical (unpaired) electrons. The Morgan fingerprint density at radius 1 is 0.565 bits per heavy atom. The molecule has 230 valence electrons. The minimum Gasteiger partial charge on any atom is -0.478 e. The van der Waals surface area contributed by atoms with Crippen molar-refractivity contribution in [2.24, 2.45) is 0 Å². The van der Waals surface area contributed by atoms with Gasteiger partial charge in [-0.15, -0.1) is 0 Å². The molecule has 4 aromatic rings. The number of fused-ring (bicyclic) bond motifs is 2. The third kappa shape index (κ3) is 4.49. The molecule has 0 spiro atoms. The fourth-order valence-corrected chi connectivity index (χ4v) is 6.22. The van der Waals surface area contributed by atoms with Crippen molar-refractivity contribution in [1.29, 1.82) is 0 Å². The SMILES string of the molecule is Cc1cc(-c2cc(C)c(-c3c(C(=O)O)ccc4c3C(=O)OC4=O)c(C)c2C)c(C)c(C)c1OC(=O)c1ccc2c(c1)C(=O)OC2=O. The number of ether oxygens (including phenoxy) is 3. The van der Waals surface area contributed by atoms with Crippen LogP contribution in [0, 0.1) is 41.5 Å². The molecule has 1 N–H and O–H groups in total. The lowest BCUT2D eigenvalue weighted by Gasteiger charge is -2.22. The molecule has 0 atom stereocenters. The van der Waals surface area contributed by atoms with Gasteiger partial charge in [0.15, 0.2) is 0 Å². The van der Waals surface area contributed by atoms with Crippen LogP contribution in [0.25, 0.3) is 22.3 Å². The molecule has 0 bridgehead atoms. The van der Waals surface area contributed by atoms with Crippen molar-refractivity contribution in [3.8, 4) is 28.0 Å². The van der Waals surface area contributed by atoms with E-state index in [1.54, 1.807) is 6.92 Å². The zero-order valence-electron chi connectivity index (χ0n) is 25.7. The van der Waals surface area contributed by atoms with Crippen molar-refractivity contribution in [2.45, 2.75) is 41.5 Å². The number of aryl methyl sites for hydroxylation is 2. The summed E-state index contributed by atoms with van der Waals surface area (Å²) in [6.07, 6.45) is 0. The molecule has 2 aliphatic rings. The van der Waals surface area contributed by atoms with Gasteiger partial charge in [0.25, 0.3) is 0 Å². The Hall–Kier alpha value is -5.90. The Bertz CT molecular complexity index is 2150. The van der Waals surface area contributed by atoms with Crippen LogP contribution in [0.3, 0.4) is 0 Å². The Kier molecular flexibility index (Phi) is 6.96. The molecule has 0 aromatic heterocycles. The number of carboxylic acids is 1. The minimum absolute atomic E-state index is 0.00325. The van der Waals surface area contributed by atoms with Crippen LogP contribution in [0.4, 0.5) is 0 Å². The highest BCUT2D eigenvalue weighted by Crippen LogP contribution is 2.43. The summed E-state index contributed by atoms with van der Waals surface area (Å²) in [7, 11) is 0. The number of carboxylic acid groups (broad SMARTS) is 1. The van der Waals surface area contributed by atoms with Crippen LogP contribution in [-0.4, -0.2) is 40.9 Å². The molecule has 0 saturated carbocycles. The summed E-state index contributed by atoms with van der Waals surface area (Å²) in [4.78, 5) is 74.2. The highest BCUT2D eigenvalue weighted by atomic mass is 16.6. The Labute approximate surface area is 262 Å². The number of hydrogen-bond acceptors (Lipinski definition) is 9. The maximum absolute atomic E-state index is 13.1. The quantitative estimate of drug-likeness (QED) is 0.151. The van der Waals surface area contributed by atoms with E-state index in [0.29, 0.717) is 28.0 Å². The van der Waals surface area contributed by atoms with E-state index in [1.165, 1.54) is 30.3 Å². The Morgan fingerprint density at radius 3 is 1.80 bits per heavy atom. The van der Waals surface area contributed by atoms with Crippen LogP contribution in [0.2, 0.25) is 0 Å². The van der Waals surface area contributed by atoms with Crippen molar-refractivity contribution >= 4 is 35.8 Å². The number of cyclic esters (lactones) is 4. The van der Waals surface area contributed by atoms with Gasteiger partial charge in [-0.2, -0.15) is 0 Å². The first-order chi connectivity index (χ1) is 21.7. The maximum Gasteiger partial charge on any atom is 0.347 e. The Morgan fingerprint density at radius 2 is 1.13 bits per heavy atom. The number of benzene rings is 4.